The number of nitrogens with one attached hydrogen (secondary N) is 1. The van der Waals surface area contributed by atoms with Crippen LogP contribution >= 0.6 is 20.0 Å². The van der Waals surface area contributed by atoms with Gasteiger partial charge in [0.1, 0.15) is 0 Å². The first-order chi connectivity index (χ1) is 10.8. The Morgan fingerprint density at radius 2 is 1.80 bits per heavy atom. The second-order valence-corrected chi connectivity index (χ2v) is 7.12. The largest absolute Gasteiger partial charge is 1.00 e. The van der Waals surface area contributed by atoms with Gasteiger partial charge in [-0.3, -0.25) is 0 Å². The normalized spacial score (nSPS) is 13.1. The average Bonchev–Trinajstić information content (AvgIpc) is 2.48. The summed E-state index contributed by atoms with van der Waals surface area (Å²) in [5.41, 5.74) is 0.823. The number of rotatable bonds is 10. The Kier molecular flexibility index (Phi) is 17.3. The molecule has 0 bridgehead atoms. The van der Waals surface area contributed by atoms with Crippen molar-refractivity contribution in [3.63, 3.8) is 0 Å². The molecule has 0 saturated heterocycles. The van der Waals surface area contributed by atoms with Gasteiger partial charge in [0.15, 0.2) is 0 Å². The van der Waals surface area contributed by atoms with Gasteiger partial charge in [-0.1, -0.05) is 68.7 Å². The molecule has 0 aromatic heterocycles. The monoisotopic (exact) mass is 403 g/mol. The molecule has 1 aromatic carbocycles. The zero-order valence-corrected chi connectivity index (χ0v) is 21.3. The van der Waals surface area contributed by atoms with Gasteiger partial charge in [-0.05, 0) is 25.3 Å². The van der Waals surface area contributed by atoms with Crippen LogP contribution in [-0.4, -0.2) is 11.1 Å². The molecule has 130 valence electrons. The Balaban J connectivity index is 0. The predicted octanol–water partition coefficient (Wildman–Crippen LogP) is -3.14. The van der Waals surface area contributed by atoms with E-state index in [4.69, 9.17) is 12.2 Å². The Labute approximate surface area is 200 Å². The molecule has 0 spiro atoms. The fourth-order valence-corrected chi connectivity index (χ4v) is 3.15. The minimum Gasteiger partial charge on any atom is -0.790 e. The van der Waals surface area contributed by atoms with E-state index in [0.29, 0.717) is 4.99 Å². The van der Waals surface area contributed by atoms with Gasteiger partial charge in [0.25, 0.3) is 0 Å². The minimum absolute atomic E-state index is 0. The Hall–Kier alpha value is 1.22. The van der Waals surface area contributed by atoms with Crippen LogP contribution in [0.2, 0.25) is 0 Å². The summed E-state index contributed by atoms with van der Waals surface area (Å²) in [5.74, 6) is 0. The molecule has 25 heavy (non-hydrogen) atoms. The summed E-state index contributed by atoms with van der Waals surface area (Å²) in [6.45, 7) is 3.69. The Bertz CT molecular complexity index is 530. The van der Waals surface area contributed by atoms with Crippen LogP contribution in [0.1, 0.15) is 57.6 Å². The molecule has 0 fully saturated rings. The maximum atomic E-state index is 10.9. The van der Waals surface area contributed by atoms with Crippen molar-refractivity contribution in [2.45, 2.75) is 58.1 Å². The first-order valence-electron chi connectivity index (χ1n) is 7.88. The van der Waals surface area contributed by atoms with Gasteiger partial charge in [0.2, 0.25) is 0 Å². The van der Waals surface area contributed by atoms with Crippen LogP contribution in [-0.2, 0) is 9.09 Å². The quantitative estimate of drug-likeness (QED) is 0.192. The molecule has 0 aliphatic carbocycles. The van der Waals surface area contributed by atoms with E-state index in [0.717, 1.165) is 31.2 Å². The molecule has 2 atom stereocenters. The first-order valence-corrected chi connectivity index (χ1v) is 9.75. The third-order valence-electron chi connectivity index (χ3n) is 3.50. The number of thiocarbonyl (C=S) groups is 1. The van der Waals surface area contributed by atoms with E-state index in [1.807, 2.05) is 30.3 Å². The molecule has 0 saturated carbocycles. The molecule has 9 heteroatoms. The van der Waals surface area contributed by atoms with Crippen molar-refractivity contribution in [1.29, 1.82) is 0 Å². The predicted molar refractivity (Wildman–Crippen MR) is 91.8 cm³/mol. The van der Waals surface area contributed by atoms with Gasteiger partial charge in [0, 0.05) is 0 Å². The van der Waals surface area contributed by atoms with E-state index in [-0.39, 0.29) is 59.1 Å². The van der Waals surface area contributed by atoms with Crippen LogP contribution < -0.4 is 74.2 Å². The van der Waals surface area contributed by atoms with Crippen LogP contribution in [0.5, 0.6) is 0 Å². The van der Waals surface area contributed by atoms with E-state index in [2.05, 4.69) is 16.8 Å². The summed E-state index contributed by atoms with van der Waals surface area (Å²) in [7, 11) is -5.05. The van der Waals surface area contributed by atoms with Crippen LogP contribution in [0, 0.1) is 0 Å². The SMILES string of the molecule is CCCCCCC(=S)N[C@H](c1ccccc1)[C@H](C)OP(=O)([O-])[O-].[Na+].[Na+]. The number of benzene rings is 1. The second-order valence-electron chi connectivity index (χ2n) is 5.52. The standard InChI is InChI=1S/C16H26NO4PS.2Na/c1-3-4-5-9-12-15(23)17-16(13(2)21-22(18,19)20)14-10-7-6-8-11-14;;/h6-8,10-11,13,16H,3-5,9,12H2,1-2H3,(H,17,23)(H2,18,19,20);;/q;2*+1/p-2/t13-,16-;;/m0../s1. The molecular formula is C16H24NNa2O4PS. The van der Waals surface area contributed by atoms with E-state index in [1.165, 1.54) is 6.42 Å². The zero-order valence-electron chi connectivity index (χ0n) is 15.6. The average molecular weight is 403 g/mol. The molecule has 0 aliphatic rings. The van der Waals surface area contributed by atoms with Gasteiger partial charge < -0.3 is 24.2 Å². The molecule has 0 unspecified atom stereocenters. The maximum absolute atomic E-state index is 10.9. The summed E-state index contributed by atoms with van der Waals surface area (Å²) in [6, 6.07) is 8.76. The van der Waals surface area contributed by atoms with Gasteiger partial charge in [-0.2, -0.15) is 0 Å². The Morgan fingerprint density at radius 3 is 2.32 bits per heavy atom. The van der Waals surface area contributed by atoms with Crippen LogP contribution in [0.25, 0.3) is 0 Å². The molecule has 0 amide bonds. The number of hydrogen-bond acceptors (Lipinski definition) is 5. The molecular weight excluding hydrogens is 379 g/mol. The smallest absolute Gasteiger partial charge is 0.790 e. The van der Waals surface area contributed by atoms with Gasteiger partial charge in [0.05, 0.1) is 25.0 Å². The number of unbranched alkanes of at least 4 members (excludes halogenated alkanes) is 3. The van der Waals surface area contributed by atoms with Gasteiger partial charge in [-0.15, -0.1) is 0 Å². The summed E-state index contributed by atoms with van der Waals surface area (Å²) in [6.07, 6.45) is 4.30. The molecule has 1 rings (SSSR count). The Morgan fingerprint density at radius 1 is 1.20 bits per heavy atom. The molecule has 1 N–H and O–H groups in total. The van der Waals surface area contributed by atoms with Crippen molar-refractivity contribution in [2.24, 2.45) is 0 Å². The summed E-state index contributed by atoms with van der Waals surface area (Å²) in [5, 5.41) is 3.14. The van der Waals surface area contributed by atoms with Gasteiger partial charge >= 0.3 is 59.1 Å². The van der Waals surface area contributed by atoms with Crippen LogP contribution in [0.15, 0.2) is 30.3 Å². The van der Waals surface area contributed by atoms with Crippen molar-refractivity contribution in [1.82, 2.24) is 5.32 Å². The first kappa shape index (κ1) is 28.4. The summed E-state index contributed by atoms with van der Waals surface area (Å²) >= 11 is 5.35. The van der Waals surface area contributed by atoms with Crippen molar-refractivity contribution in [2.75, 3.05) is 0 Å². The molecule has 1 aromatic rings. The molecule has 5 nitrogen and oxygen atoms in total. The number of phosphoric acid groups is 1. The topological polar surface area (TPSA) is 84.5 Å². The molecule has 0 heterocycles. The van der Waals surface area contributed by atoms with Crippen LogP contribution in [0.4, 0.5) is 0 Å². The molecule has 0 radical (unpaired) electrons. The number of hydrogen-bond donors (Lipinski definition) is 1. The third kappa shape index (κ3) is 13.1. The van der Waals surface area contributed by atoms with Crippen LogP contribution in [0.3, 0.4) is 0 Å². The molecule has 0 aliphatic heterocycles. The minimum atomic E-state index is -5.05. The summed E-state index contributed by atoms with van der Waals surface area (Å²) < 4.78 is 15.5. The maximum Gasteiger partial charge on any atom is 1.00 e. The fraction of sp³-hybridized carbons (Fsp3) is 0.562. The van der Waals surface area contributed by atoms with Crippen molar-refractivity contribution in [3.05, 3.63) is 35.9 Å². The van der Waals surface area contributed by atoms with Crippen molar-refractivity contribution < 1.29 is 78.0 Å². The summed E-state index contributed by atoms with van der Waals surface area (Å²) in [4.78, 5) is 22.4. The van der Waals surface area contributed by atoms with Crippen molar-refractivity contribution >= 4 is 25.0 Å². The second kappa shape index (κ2) is 15.2. The third-order valence-corrected chi connectivity index (χ3v) is 4.41. The van der Waals surface area contributed by atoms with E-state index in [1.54, 1.807) is 6.92 Å². The van der Waals surface area contributed by atoms with E-state index < -0.39 is 20.0 Å². The van der Waals surface area contributed by atoms with E-state index >= 15 is 0 Å². The van der Waals surface area contributed by atoms with Gasteiger partial charge in [-0.25, -0.2) is 0 Å². The number of phosphoric ester groups is 1. The fourth-order valence-electron chi connectivity index (χ4n) is 2.35. The van der Waals surface area contributed by atoms with E-state index in [9.17, 15) is 14.4 Å². The van der Waals surface area contributed by atoms with Crippen molar-refractivity contribution in [3.8, 4) is 0 Å². The zero-order chi connectivity index (χ0) is 17.3.